The molecule has 1 amide bonds. The van der Waals surface area contributed by atoms with Crippen LogP contribution in [0.25, 0.3) is 0 Å². The van der Waals surface area contributed by atoms with E-state index in [1.807, 2.05) is 37.9 Å². The maximum atomic E-state index is 12.6. The SMILES string of the molecule is CNC[C@H]1CCN(C(=O)c2ccc(OC(C)C)c(OC)c2)C1. The second-order valence-corrected chi connectivity index (χ2v) is 6.00. The van der Waals surface area contributed by atoms with E-state index in [0.29, 0.717) is 23.0 Å². The largest absolute Gasteiger partial charge is 0.493 e. The summed E-state index contributed by atoms with van der Waals surface area (Å²) in [5, 5.41) is 3.18. The highest BCUT2D eigenvalue weighted by atomic mass is 16.5. The predicted molar refractivity (Wildman–Crippen MR) is 86.7 cm³/mol. The van der Waals surface area contributed by atoms with Crippen LogP contribution in [0.4, 0.5) is 0 Å². The van der Waals surface area contributed by atoms with Crippen molar-refractivity contribution in [1.29, 1.82) is 0 Å². The molecule has 1 fully saturated rings. The van der Waals surface area contributed by atoms with Gasteiger partial charge in [0, 0.05) is 18.7 Å². The molecule has 1 atom stereocenters. The number of ether oxygens (including phenoxy) is 2. The summed E-state index contributed by atoms with van der Waals surface area (Å²) in [6, 6.07) is 5.40. The van der Waals surface area contributed by atoms with Crippen molar-refractivity contribution in [2.75, 3.05) is 33.8 Å². The van der Waals surface area contributed by atoms with Crippen molar-refractivity contribution in [3.8, 4) is 11.5 Å². The first-order chi connectivity index (χ1) is 10.5. The molecule has 1 aliphatic heterocycles. The zero-order valence-corrected chi connectivity index (χ0v) is 13.9. The lowest BCUT2D eigenvalue weighted by Crippen LogP contribution is -2.30. The van der Waals surface area contributed by atoms with E-state index in [4.69, 9.17) is 9.47 Å². The molecule has 1 heterocycles. The van der Waals surface area contributed by atoms with Crippen LogP contribution in [0.2, 0.25) is 0 Å². The molecular weight excluding hydrogens is 280 g/mol. The van der Waals surface area contributed by atoms with Crippen molar-refractivity contribution in [3.63, 3.8) is 0 Å². The van der Waals surface area contributed by atoms with Crippen LogP contribution in [0.3, 0.4) is 0 Å². The molecule has 1 N–H and O–H groups in total. The maximum absolute atomic E-state index is 12.6. The van der Waals surface area contributed by atoms with Gasteiger partial charge in [-0.05, 0) is 58.0 Å². The van der Waals surface area contributed by atoms with Gasteiger partial charge >= 0.3 is 0 Å². The first-order valence-electron chi connectivity index (χ1n) is 7.83. The molecule has 122 valence electrons. The lowest BCUT2D eigenvalue weighted by Gasteiger charge is -2.18. The second-order valence-electron chi connectivity index (χ2n) is 6.00. The Kier molecular flexibility index (Phi) is 5.66. The number of carbonyl (C=O) groups excluding carboxylic acids is 1. The molecule has 0 unspecified atom stereocenters. The van der Waals surface area contributed by atoms with Gasteiger partial charge in [-0.15, -0.1) is 0 Å². The molecule has 22 heavy (non-hydrogen) atoms. The van der Waals surface area contributed by atoms with Crippen LogP contribution in [-0.2, 0) is 0 Å². The molecule has 1 aromatic carbocycles. The van der Waals surface area contributed by atoms with Gasteiger partial charge in [0.25, 0.3) is 5.91 Å². The Morgan fingerprint density at radius 1 is 1.41 bits per heavy atom. The van der Waals surface area contributed by atoms with Gasteiger partial charge in [0.1, 0.15) is 0 Å². The van der Waals surface area contributed by atoms with Crippen molar-refractivity contribution < 1.29 is 14.3 Å². The van der Waals surface area contributed by atoms with E-state index in [1.54, 1.807) is 13.2 Å². The third-order valence-corrected chi connectivity index (χ3v) is 3.84. The zero-order chi connectivity index (χ0) is 16.1. The number of benzene rings is 1. The fourth-order valence-electron chi connectivity index (χ4n) is 2.81. The second kappa shape index (κ2) is 7.49. The number of hydrogen-bond acceptors (Lipinski definition) is 4. The average molecular weight is 306 g/mol. The monoisotopic (exact) mass is 306 g/mol. The Labute approximate surface area is 132 Å². The van der Waals surface area contributed by atoms with Crippen LogP contribution in [0.5, 0.6) is 11.5 Å². The van der Waals surface area contributed by atoms with Crippen LogP contribution in [0.1, 0.15) is 30.6 Å². The number of amides is 1. The Balaban J connectivity index is 2.10. The number of nitrogens with one attached hydrogen (secondary N) is 1. The molecule has 2 rings (SSSR count). The molecule has 1 aromatic rings. The Hall–Kier alpha value is -1.75. The average Bonchev–Trinajstić information content (AvgIpc) is 2.95. The normalized spacial score (nSPS) is 17.9. The van der Waals surface area contributed by atoms with E-state index in [-0.39, 0.29) is 12.0 Å². The van der Waals surface area contributed by atoms with E-state index < -0.39 is 0 Å². The first kappa shape index (κ1) is 16.6. The quantitative estimate of drug-likeness (QED) is 0.875. The lowest BCUT2D eigenvalue weighted by molar-refractivity contribution is 0.0786. The summed E-state index contributed by atoms with van der Waals surface area (Å²) in [6.07, 6.45) is 1.12. The number of methoxy groups -OCH3 is 1. The standard InChI is InChI=1S/C17H26N2O3/c1-12(2)22-15-6-5-14(9-16(15)21-4)17(20)19-8-7-13(11-19)10-18-3/h5-6,9,12-13,18H,7-8,10-11H2,1-4H3/t13-/m1/s1. The first-order valence-corrected chi connectivity index (χ1v) is 7.83. The van der Waals surface area contributed by atoms with Crippen molar-refractivity contribution in [2.45, 2.75) is 26.4 Å². The molecular formula is C17H26N2O3. The fraction of sp³-hybridized carbons (Fsp3) is 0.588. The summed E-state index contributed by atoms with van der Waals surface area (Å²) < 4.78 is 11.0. The zero-order valence-electron chi connectivity index (χ0n) is 13.9. The van der Waals surface area contributed by atoms with E-state index in [1.165, 1.54) is 0 Å². The number of likely N-dealkylation sites (tertiary alicyclic amines) is 1. The molecule has 0 spiro atoms. The Morgan fingerprint density at radius 2 is 2.18 bits per heavy atom. The number of hydrogen-bond donors (Lipinski definition) is 1. The van der Waals surface area contributed by atoms with Crippen LogP contribution >= 0.6 is 0 Å². The van der Waals surface area contributed by atoms with Gasteiger partial charge in [0.05, 0.1) is 13.2 Å². The minimum absolute atomic E-state index is 0.0630. The molecule has 0 aliphatic carbocycles. The van der Waals surface area contributed by atoms with Crippen molar-refractivity contribution in [1.82, 2.24) is 10.2 Å². The summed E-state index contributed by atoms with van der Waals surface area (Å²) in [5.74, 6) is 1.88. The minimum atomic E-state index is 0.0630. The van der Waals surface area contributed by atoms with E-state index in [2.05, 4.69) is 5.32 Å². The fourth-order valence-corrected chi connectivity index (χ4v) is 2.81. The molecule has 5 nitrogen and oxygen atoms in total. The summed E-state index contributed by atoms with van der Waals surface area (Å²) in [7, 11) is 3.54. The Morgan fingerprint density at radius 3 is 2.82 bits per heavy atom. The van der Waals surface area contributed by atoms with Crippen LogP contribution in [0, 0.1) is 5.92 Å². The highest BCUT2D eigenvalue weighted by Crippen LogP contribution is 2.30. The van der Waals surface area contributed by atoms with Crippen LogP contribution in [0.15, 0.2) is 18.2 Å². The molecule has 1 saturated heterocycles. The van der Waals surface area contributed by atoms with Crippen molar-refractivity contribution in [2.24, 2.45) is 5.92 Å². The smallest absolute Gasteiger partial charge is 0.254 e. The van der Waals surface area contributed by atoms with Crippen molar-refractivity contribution in [3.05, 3.63) is 23.8 Å². The Bertz CT molecular complexity index is 517. The van der Waals surface area contributed by atoms with Gasteiger partial charge in [-0.2, -0.15) is 0 Å². The van der Waals surface area contributed by atoms with Gasteiger partial charge in [0.2, 0.25) is 0 Å². The number of rotatable bonds is 6. The summed E-state index contributed by atoms with van der Waals surface area (Å²) in [5.41, 5.74) is 0.651. The number of nitrogens with zero attached hydrogens (tertiary/aromatic N) is 1. The third kappa shape index (κ3) is 3.91. The van der Waals surface area contributed by atoms with Gasteiger partial charge in [-0.1, -0.05) is 0 Å². The molecule has 0 saturated carbocycles. The molecule has 5 heteroatoms. The van der Waals surface area contributed by atoms with Crippen LogP contribution < -0.4 is 14.8 Å². The molecule has 0 radical (unpaired) electrons. The topological polar surface area (TPSA) is 50.8 Å². The summed E-state index contributed by atoms with van der Waals surface area (Å²) >= 11 is 0. The van der Waals surface area contributed by atoms with E-state index in [0.717, 1.165) is 26.1 Å². The highest BCUT2D eigenvalue weighted by molar-refractivity contribution is 5.95. The molecule has 0 aromatic heterocycles. The van der Waals surface area contributed by atoms with Crippen molar-refractivity contribution >= 4 is 5.91 Å². The maximum Gasteiger partial charge on any atom is 0.254 e. The van der Waals surface area contributed by atoms with Gasteiger partial charge < -0.3 is 19.7 Å². The summed E-state index contributed by atoms with van der Waals surface area (Å²) in [6.45, 7) is 6.51. The lowest BCUT2D eigenvalue weighted by atomic mass is 10.1. The predicted octanol–water partition coefficient (Wildman–Crippen LogP) is 2.16. The third-order valence-electron chi connectivity index (χ3n) is 3.84. The van der Waals surface area contributed by atoms with Gasteiger partial charge in [-0.25, -0.2) is 0 Å². The van der Waals surface area contributed by atoms with Crippen LogP contribution in [-0.4, -0.2) is 50.7 Å². The van der Waals surface area contributed by atoms with Gasteiger partial charge in [-0.3, -0.25) is 4.79 Å². The minimum Gasteiger partial charge on any atom is -0.493 e. The number of carbonyl (C=O) groups is 1. The van der Waals surface area contributed by atoms with Gasteiger partial charge in [0.15, 0.2) is 11.5 Å². The van der Waals surface area contributed by atoms with E-state index in [9.17, 15) is 4.79 Å². The molecule has 1 aliphatic rings. The summed E-state index contributed by atoms with van der Waals surface area (Å²) in [4.78, 5) is 14.5. The highest BCUT2D eigenvalue weighted by Gasteiger charge is 2.27. The molecule has 0 bridgehead atoms. The van der Waals surface area contributed by atoms with E-state index >= 15 is 0 Å².